The van der Waals surface area contributed by atoms with E-state index in [1.807, 2.05) is 53.4 Å². The molecule has 0 aliphatic carbocycles. The molecule has 2 aliphatic heterocycles. The van der Waals surface area contributed by atoms with Crippen LogP contribution in [0, 0.1) is 5.92 Å². The van der Waals surface area contributed by atoms with Gasteiger partial charge in [0.25, 0.3) is 0 Å². The minimum absolute atomic E-state index is 0.214. The molecule has 0 aromatic heterocycles. The number of carbonyl (C=O) groups is 1. The summed E-state index contributed by atoms with van der Waals surface area (Å²) in [5, 5.41) is 0.732. The number of benzene rings is 2. The third kappa shape index (κ3) is 3.65. The molecule has 2 heterocycles. The molecule has 4 rings (SSSR count). The van der Waals surface area contributed by atoms with E-state index < -0.39 is 0 Å². The van der Waals surface area contributed by atoms with Gasteiger partial charge < -0.3 is 9.64 Å². The summed E-state index contributed by atoms with van der Waals surface area (Å²) in [5.41, 5.74) is 2.11. The number of rotatable bonds is 3. The quantitative estimate of drug-likeness (QED) is 0.842. The first-order chi connectivity index (χ1) is 12.2. The molecule has 2 aromatic carbocycles. The van der Waals surface area contributed by atoms with Gasteiger partial charge in [-0.1, -0.05) is 29.8 Å². The van der Waals surface area contributed by atoms with E-state index in [9.17, 15) is 4.79 Å². The number of hydrogen-bond donors (Lipinski definition) is 0. The molecular weight excluding hydrogens is 336 g/mol. The standard InChI is InChI=1S/C20H21ClN2O2/c21-17-6-7-19-16(11-17)14-22(8-9-25-19)12-15-10-20(24)23(13-15)18-4-2-1-3-5-18/h1-7,11,15H,8-10,12-14H2. The second kappa shape index (κ2) is 7.06. The van der Waals surface area contributed by atoms with Crippen molar-refractivity contribution in [2.45, 2.75) is 13.0 Å². The molecule has 1 unspecified atom stereocenters. The maximum atomic E-state index is 12.4. The van der Waals surface area contributed by atoms with E-state index in [2.05, 4.69) is 4.90 Å². The number of nitrogens with zero attached hydrogens (tertiary/aromatic N) is 2. The number of para-hydroxylation sites is 1. The summed E-state index contributed by atoms with van der Waals surface area (Å²) in [4.78, 5) is 16.7. The molecule has 5 heteroatoms. The van der Waals surface area contributed by atoms with E-state index >= 15 is 0 Å². The number of anilines is 1. The van der Waals surface area contributed by atoms with Crippen LogP contribution in [0.15, 0.2) is 48.5 Å². The number of amides is 1. The average molecular weight is 357 g/mol. The zero-order valence-corrected chi connectivity index (χ0v) is 14.8. The first-order valence-electron chi connectivity index (χ1n) is 8.68. The number of ether oxygens (including phenoxy) is 1. The van der Waals surface area contributed by atoms with Crippen molar-refractivity contribution in [2.24, 2.45) is 5.92 Å². The third-order valence-electron chi connectivity index (χ3n) is 4.87. The van der Waals surface area contributed by atoms with Crippen LogP contribution in [0.2, 0.25) is 5.02 Å². The van der Waals surface area contributed by atoms with Crippen LogP contribution in [0.4, 0.5) is 5.69 Å². The monoisotopic (exact) mass is 356 g/mol. The second-order valence-electron chi connectivity index (χ2n) is 6.75. The van der Waals surface area contributed by atoms with Crippen molar-refractivity contribution in [3.05, 3.63) is 59.1 Å². The van der Waals surface area contributed by atoms with Crippen LogP contribution < -0.4 is 9.64 Å². The summed E-state index contributed by atoms with van der Waals surface area (Å²) in [6.07, 6.45) is 0.606. The van der Waals surface area contributed by atoms with Gasteiger partial charge in [-0.15, -0.1) is 0 Å². The van der Waals surface area contributed by atoms with Gasteiger partial charge in [0.05, 0.1) is 0 Å². The third-order valence-corrected chi connectivity index (χ3v) is 5.11. The Bertz CT molecular complexity index is 766. The second-order valence-corrected chi connectivity index (χ2v) is 7.18. The molecule has 2 aliphatic rings. The van der Waals surface area contributed by atoms with Gasteiger partial charge in [0, 0.05) is 48.9 Å². The number of carbonyl (C=O) groups excluding carboxylic acids is 1. The normalized spacial score (nSPS) is 20.9. The summed E-state index contributed by atoms with van der Waals surface area (Å²) >= 11 is 6.13. The molecule has 0 radical (unpaired) electrons. The van der Waals surface area contributed by atoms with E-state index in [1.165, 1.54) is 0 Å². The molecule has 130 valence electrons. The van der Waals surface area contributed by atoms with Crippen LogP contribution in [0.25, 0.3) is 0 Å². The van der Waals surface area contributed by atoms with Crippen LogP contribution in [0.5, 0.6) is 5.75 Å². The van der Waals surface area contributed by atoms with Gasteiger partial charge in [0.1, 0.15) is 12.4 Å². The zero-order valence-electron chi connectivity index (χ0n) is 14.0. The Kier molecular flexibility index (Phi) is 4.64. The van der Waals surface area contributed by atoms with Crippen LogP contribution in [0.3, 0.4) is 0 Å². The Morgan fingerprint density at radius 2 is 2.00 bits per heavy atom. The fraction of sp³-hybridized carbons (Fsp3) is 0.350. The summed E-state index contributed by atoms with van der Waals surface area (Å²) in [7, 11) is 0. The maximum absolute atomic E-state index is 12.4. The lowest BCUT2D eigenvalue weighted by atomic mass is 10.1. The van der Waals surface area contributed by atoms with Gasteiger partial charge in [0.15, 0.2) is 0 Å². The van der Waals surface area contributed by atoms with Crippen molar-refractivity contribution < 1.29 is 9.53 Å². The molecule has 25 heavy (non-hydrogen) atoms. The average Bonchev–Trinajstić information content (AvgIpc) is 2.85. The van der Waals surface area contributed by atoms with Gasteiger partial charge in [-0.2, -0.15) is 0 Å². The first kappa shape index (κ1) is 16.4. The predicted octanol–water partition coefficient (Wildman–Crippen LogP) is 3.59. The van der Waals surface area contributed by atoms with E-state index in [0.29, 0.717) is 18.9 Å². The van der Waals surface area contributed by atoms with Crippen LogP contribution in [0.1, 0.15) is 12.0 Å². The molecule has 1 atom stereocenters. The van der Waals surface area contributed by atoms with E-state index in [1.54, 1.807) is 0 Å². The molecule has 1 saturated heterocycles. The molecule has 0 spiro atoms. The van der Waals surface area contributed by atoms with Crippen molar-refractivity contribution in [3.8, 4) is 5.75 Å². The highest BCUT2D eigenvalue weighted by atomic mass is 35.5. The fourth-order valence-electron chi connectivity index (χ4n) is 3.70. The van der Waals surface area contributed by atoms with Crippen molar-refractivity contribution in [1.82, 2.24) is 4.90 Å². The summed E-state index contributed by atoms with van der Waals surface area (Å²) in [6.45, 7) is 4.01. The van der Waals surface area contributed by atoms with Crippen LogP contribution in [-0.2, 0) is 11.3 Å². The number of fused-ring (bicyclic) bond motifs is 1. The molecular formula is C20H21ClN2O2. The molecule has 1 amide bonds. The summed E-state index contributed by atoms with van der Waals surface area (Å²) < 4.78 is 5.83. The van der Waals surface area contributed by atoms with Gasteiger partial charge >= 0.3 is 0 Å². The molecule has 4 nitrogen and oxygen atoms in total. The molecule has 0 saturated carbocycles. The highest BCUT2D eigenvalue weighted by Crippen LogP contribution is 2.29. The van der Waals surface area contributed by atoms with E-state index in [-0.39, 0.29) is 5.91 Å². The minimum atomic E-state index is 0.214. The molecule has 0 bridgehead atoms. The summed E-state index contributed by atoms with van der Waals surface area (Å²) in [6, 6.07) is 15.7. The van der Waals surface area contributed by atoms with Crippen molar-refractivity contribution in [2.75, 3.05) is 31.1 Å². The molecule has 1 fully saturated rings. The highest BCUT2D eigenvalue weighted by molar-refractivity contribution is 6.30. The largest absolute Gasteiger partial charge is 0.492 e. The van der Waals surface area contributed by atoms with Gasteiger partial charge in [-0.25, -0.2) is 0 Å². The highest BCUT2D eigenvalue weighted by Gasteiger charge is 2.32. The lowest BCUT2D eigenvalue weighted by molar-refractivity contribution is -0.117. The fourth-order valence-corrected chi connectivity index (χ4v) is 3.89. The van der Waals surface area contributed by atoms with Crippen molar-refractivity contribution >= 4 is 23.2 Å². The first-order valence-corrected chi connectivity index (χ1v) is 9.06. The van der Waals surface area contributed by atoms with Gasteiger partial charge in [-0.05, 0) is 36.2 Å². The molecule has 2 aromatic rings. The Labute approximate surface area is 152 Å². The van der Waals surface area contributed by atoms with E-state index in [4.69, 9.17) is 16.3 Å². The Morgan fingerprint density at radius 1 is 1.16 bits per heavy atom. The van der Waals surface area contributed by atoms with Gasteiger partial charge in [-0.3, -0.25) is 9.69 Å². The van der Waals surface area contributed by atoms with Crippen LogP contribution in [-0.4, -0.2) is 37.0 Å². The van der Waals surface area contributed by atoms with Crippen molar-refractivity contribution in [1.29, 1.82) is 0 Å². The Balaban J connectivity index is 1.43. The van der Waals surface area contributed by atoms with E-state index in [0.717, 1.165) is 48.2 Å². The lowest BCUT2D eigenvalue weighted by Crippen LogP contribution is -2.32. The topological polar surface area (TPSA) is 32.8 Å². The van der Waals surface area contributed by atoms with Crippen LogP contribution >= 0.6 is 11.6 Å². The Hall–Kier alpha value is -2.04. The van der Waals surface area contributed by atoms with Crippen molar-refractivity contribution in [3.63, 3.8) is 0 Å². The summed E-state index contributed by atoms with van der Waals surface area (Å²) in [5.74, 6) is 1.47. The molecule has 0 N–H and O–H groups in total. The SMILES string of the molecule is O=C1CC(CN2CCOc3ccc(Cl)cc3C2)CN1c1ccccc1. The maximum Gasteiger partial charge on any atom is 0.227 e. The lowest BCUT2D eigenvalue weighted by Gasteiger charge is -2.23. The number of halogens is 1. The van der Waals surface area contributed by atoms with Gasteiger partial charge in [0.2, 0.25) is 5.91 Å². The Morgan fingerprint density at radius 3 is 2.84 bits per heavy atom. The zero-order chi connectivity index (χ0) is 17.2. The smallest absolute Gasteiger partial charge is 0.227 e. The minimum Gasteiger partial charge on any atom is -0.492 e. The number of hydrogen-bond acceptors (Lipinski definition) is 3. The predicted molar refractivity (Wildman–Crippen MR) is 99.1 cm³/mol.